The standard InChI is InChI=1S/C22H35N3O2/c1-4-23-21(25(2)15-18-10-13-27-16-18)24-17-22(11-5-6-12-22)19-8-7-9-20(14-19)26-3/h7-9,14,18H,4-6,10-13,15-17H2,1-3H3,(H,23,24). The second kappa shape index (κ2) is 9.45. The molecule has 1 saturated carbocycles. The van der Waals surface area contributed by atoms with Crippen LogP contribution >= 0.6 is 0 Å². The molecule has 1 atom stereocenters. The molecule has 0 aromatic heterocycles. The number of rotatable bonds is 7. The summed E-state index contributed by atoms with van der Waals surface area (Å²) in [5.74, 6) is 2.56. The second-order valence-electron chi connectivity index (χ2n) is 8.00. The van der Waals surface area contributed by atoms with Crippen LogP contribution in [0, 0.1) is 5.92 Å². The van der Waals surface area contributed by atoms with E-state index in [0.717, 1.165) is 51.0 Å². The van der Waals surface area contributed by atoms with Crippen LogP contribution in [0.25, 0.3) is 0 Å². The predicted molar refractivity (Wildman–Crippen MR) is 111 cm³/mol. The van der Waals surface area contributed by atoms with Gasteiger partial charge < -0.3 is 19.7 Å². The highest BCUT2D eigenvalue weighted by Crippen LogP contribution is 2.42. The lowest BCUT2D eigenvalue weighted by atomic mass is 9.79. The maximum atomic E-state index is 5.54. The first kappa shape index (κ1) is 20.0. The van der Waals surface area contributed by atoms with Crippen molar-refractivity contribution >= 4 is 5.96 Å². The van der Waals surface area contributed by atoms with E-state index in [9.17, 15) is 0 Å². The normalized spacial score (nSPS) is 22.0. The summed E-state index contributed by atoms with van der Waals surface area (Å²) in [6, 6.07) is 8.58. The molecule has 1 unspecified atom stereocenters. The van der Waals surface area contributed by atoms with Crippen LogP contribution < -0.4 is 10.1 Å². The Balaban J connectivity index is 1.76. The smallest absolute Gasteiger partial charge is 0.193 e. The van der Waals surface area contributed by atoms with Gasteiger partial charge in [-0.3, -0.25) is 4.99 Å². The van der Waals surface area contributed by atoms with Gasteiger partial charge in [0.2, 0.25) is 0 Å². The first-order chi connectivity index (χ1) is 13.2. The summed E-state index contributed by atoms with van der Waals surface area (Å²) in [5, 5.41) is 3.48. The molecule has 0 amide bonds. The van der Waals surface area contributed by atoms with Crippen LogP contribution in [-0.4, -0.2) is 57.9 Å². The minimum absolute atomic E-state index is 0.131. The van der Waals surface area contributed by atoms with E-state index in [0.29, 0.717) is 5.92 Å². The highest BCUT2D eigenvalue weighted by atomic mass is 16.5. The first-order valence-corrected chi connectivity index (χ1v) is 10.4. The van der Waals surface area contributed by atoms with Crippen molar-refractivity contribution in [3.63, 3.8) is 0 Å². The predicted octanol–water partition coefficient (Wildman–Crippen LogP) is 3.44. The van der Waals surface area contributed by atoms with Gasteiger partial charge >= 0.3 is 0 Å². The quantitative estimate of drug-likeness (QED) is 0.587. The van der Waals surface area contributed by atoms with Crippen molar-refractivity contribution < 1.29 is 9.47 Å². The van der Waals surface area contributed by atoms with Crippen molar-refractivity contribution in [1.82, 2.24) is 10.2 Å². The van der Waals surface area contributed by atoms with E-state index < -0.39 is 0 Å². The third-order valence-corrected chi connectivity index (χ3v) is 6.03. The fourth-order valence-corrected chi connectivity index (χ4v) is 4.44. The van der Waals surface area contributed by atoms with Gasteiger partial charge in [-0.25, -0.2) is 0 Å². The van der Waals surface area contributed by atoms with Gasteiger partial charge in [-0.05, 0) is 43.9 Å². The number of aliphatic imine (C=N–C) groups is 1. The summed E-state index contributed by atoms with van der Waals surface area (Å²) in [6.45, 7) is 6.61. The van der Waals surface area contributed by atoms with E-state index >= 15 is 0 Å². The number of hydrogen-bond acceptors (Lipinski definition) is 3. The lowest BCUT2D eigenvalue weighted by Gasteiger charge is -2.30. The molecule has 0 radical (unpaired) electrons. The average molecular weight is 374 g/mol. The van der Waals surface area contributed by atoms with Gasteiger partial charge in [-0.15, -0.1) is 0 Å². The lowest BCUT2D eigenvalue weighted by Crippen LogP contribution is -2.42. The van der Waals surface area contributed by atoms with Gasteiger partial charge in [-0.1, -0.05) is 25.0 Å². The molecule has 3 rings (SSSR count). The van der Waals surface area contributed by atoms with Crippen molar-refractivity contribution in [2.45, 2.75) is 44.4 Å². The number of methoxy groups -OCH3 is 1. The van der Waals surface area contributed by atoms with E-state index in [1.54, 1.807) is 7.11 Å². The highest BCUT2D eigenvalue weighted by molar-refractivity contribution is 5.79. The van der Waals surface area contributed by atoms with Crippen molar-refractivity contribution in [2.75, 3.05) is 47.0 Å². The third-order valence-electron chi connectivity index (χ3n) is 6.03. The van der Waals surface area contributed by atoms with E-state index in [2.05, 4.69) is 42.4 Å². The molecular formula is C22H35N3O2. The summed E-state index contributed by atoms with van der Waals surface area (Å²) in [6.07, 6.45) is 6.10. The summed E-state index contributed by atoms with van der Waals surface area (Å²) in [7, 11) is 3.89. The molecule has 1 aromatic rings. The summed E-state index contributed by atoms with van der Waals surface area (Å²) >= 11 is 0. The van der Waals surface area contributed by atoms with E-state index in [4.69, 9.17) is 14.5 Å². The Labute approximate surface area is 164 Å². The Morgan fingerprint density at radius 3 is 2.85 bits per heavy atom. The van der Waals surface area contributed by atoms with Crippen molar-refractivity contribution in [3.05, 3.63) is 29.8 Å². The number of nitrogens with one attached hydrogen (secondary N) is 1. The molecule has 1 aromatic carbocycles. The van der Waals surface area contributed by atoms with Gasteiger partial charge in [0.25, 0.3) is 0 Å². The Hall–Kier alpha value is -1.75. The zero-order valence-electron chi connectivity index (χ0n) is 17.2. The fraction of sp³-hybridized carbons (Fsp3) is 0.682. The van der Waals surface area contributed by atoms with Crippen molar-refractivity contribution in [3.8, 4) is 5.75 Å². The average Bonchev–Trinajstić information content (AvgIpc) is 3.38. The van der Waals surface area contributed by atoms with Crippen LogP contribution in [0.4, 0.5) is 0 Å². The molecule has 2 fully saturated rings. The van der Waals surface area contributed by atoms with E-state index in [1.165, 1.54) is 31.2 Å². The molecule has 5 nitrogen and oxygen atoms in total. The third kappa shape index (κ3) is 4.95. The minimum Gasteiger partial charge on any atom is -0.497 e. The Morgan fingerprint density at radius 1 is 1.37 bits per heavy atom. The maximum absolute atomic E-state index is 5.54. The van der Waals surface area contributed by atoms with Gasteiger partial charge in [0, 0.05) is 38.1 Å². The Bertz CT molecular complexity index is 620. The van der Waals surface area contributed by atoms with Gasteiger partial charge in [-0.2, -0.15) is 0 Å². The largest absolute Gasteiger partial charge is 0.497 e. The zero-order chi connectivity index (χ0) is 19.1. The maximum Gasteiger partial charge on any atom is 0.193 e. The first-order valence-electron chi connectivity index (χ1n) is 10.4. The summed E-state index contributed by atoms with van der Waals surface area (Å²) < 4.78 is 11.0. The van der Waals surface area contributed by atoms with Crippen molar-refractivity contribution in [2.24, 2.45) is 10.9 Å². The van der Waals surface area contributed by atoms with Crippen LogP contribution in [0.2, 0.25) is 0 Å². The summed E-state index contributed by atoms with van der Waals surface area (Å²) in [5.41, 5.74) is 1.50. The van der Waals surface area contributed by atoms with E-state index in [1.807, 2.05) is 6.07 Å². The molecule has 5 heteroatoms. The topological polar surface area (TPSA) is 46.1 Å². The molecule has 0 spiro atoms. The van der Waals surface area contributed by atoms with E-state index in [-0.39, 0.29) is 5.41 Å². The zero-order valence-corrected chi connectivity index (χ0v) is 17.2. The van der Waals surface area contributed by atoms with Crippen LogP contribution in [-0.2, 0) is 10.2 Å². The number of guanidine groups is 1. The Morgan fingerprint density at radius 2 is 2.19 bits per heavy atom. The van der Waals surface area contributed by atoms with Gasteiger partial charge in [0.05, 0.1) is 20.3 Å². The van der Waals surface area contributed by atoms with Crippen LogP contribution in [0.1, 0.15) is 44.6 Å². The molecule has 1 aliphatic heterocycles. The monoisotopic (exact) mass is 373 g/mol. The molecule has 2 aliphatic rings. The SMILES string of the molecule is CCNC(=NCC1(c2cccc(OC)c2)CCCC1)N(C)CC1CCOC1. The second-order valence-corrected chi connectivity index (χ2v) is 8.00. The fourth-order valence-electron chi connectivity index (χ4n) is 4.44. The number of benzene rings is 1. The highest BCUT2D eigenvalue weighted by Gasteiger charge is 2.36. The summed E-state index contributed by atoms with van der Waals surface area (Å²) in [4.78, 5) is 7.37. The Kier molecular flexibility index (Phi) is 7.00. The van der Waals surface area contributed by atoms with Crippen molar-refractivity contribution in [1.29, 1.82) is 0 Å². The molecule has 27 heavy (non-hydrogen) atoms. The molecular weight excluding hydrogens is 338 g/mol. The molecule has 1 saturated heterocycles. The molecule has 150 valence electrons. The molecule has 1 N–H and O–H groups in total. The number of hydrogen-bond donors (Lipinski definition) is 1. The van der Waals surface area contributed by atoms with Crippen LogP contribution in [0.3, 0.4) is 0 Å². The molecule has 1 aliphatic carbocycles. The lowest BCUT2D eigenvalue weighted by molar-refractivity contribution is 0.181. The number of nitrogens with zero attached hydrogens (tertiary/aromatic N) is 2. The molecule has 1 heterocycles. The van der Waals surface area contributed by atoms with Gasteiger partial charge in [0.1, 0.15) is 5.75 Å². The van der Waals surface area contributed by atoms with Gasteiger partial charge in [0.15, 0.2) is 5.96 Å². The molecule has 0 bridgehead atoms. The van der Waals surface area contributed by atoms with Crippen LogP contribution in [0.15, 0.2) is 29.3 Å². The number of ether oxygens (including phenoxy) is 2. The minimum atomic E-state index is 0.131. The van der Waals surface area contributed by atoms with Crippen LogP contribution in [0.5, 0.6) is 5.75 Å².